The van der Waals surface area contributed by atoms with Gasteiger partial charge in [-0.2, -0.15) is 0 Å². The number of hydrogen-bond donors (Lipinski definition) is 1. The van der Waals surface area contributed by atoms with E-state index < -0.39 is 0 Å². The number of nitrogens with zero attached hydrogens (tertiary/aromatic N) is 1. The Morgan fingerprint density at radius 3 is 2.62 bits per heavy atom. The molecule has 0 unspecified atom stereocenters. The van der Waals surface area contributed by atoms with Gasteiger partial charge in [0.2, 0.25) is 0 Å². The third-order valence-electron chi connectivity index (χ3n) is 4.09. The third-order valence-corrected chi connectivity index (χ3v) is 4.30. The summed E-state index contributed by atoms with van der Waals surface area (Å²) in [6.07, 6.45) is 4.38. The largest absolute Gasteiger partial charge is 0.367 e. The number of aromatic amines is 1. The van der Waals surface area contributed by atoms with E-state index in [1.165, 1.54) is 12.8 Å². The van der Waals surface area contributed by atoms with Gasteiger partial charge in [0.05, 0.1) is 0 Å². The number of benzene rings is 1. The van der Waals surface area contributed by atoms with Crippen LogP contribution < -0.4 is 0 Å². The SMILES string of the molecule is CCOC1(c2nc(=S)cc(-c3ccccc3)[nH]2)CCCC1. The molecule has 1 aliphatic carbocycles. The molecule has 0 bridgehead atoms. The highest BCUT2D eigenvalue weighted by Crippen LogP contribution is 2.40. The molecule has 110 valence electrons. The number of ether oxygens (including phenoxy) is 1. The Hall–Kier alpha value is -1.52. The Kier molecular flexibility index (Phi) is 4.17. The summed E-state index contributed by atoms with van der Waals surface area (Å²) in [6.45, 7) is 2.73. The third kappa shape index (κ3) is 2.92. The van der Waals surface area contributed by atoms with Gasteiger partial charge in [0.1, 0.15) is 16.1 Å². The predicted molar refractivity (Wildman–Crippen MR) is 86.6 cm³/mol. The normalized spacial score (nSPS) is 17.0. The van der Waals surface area contributed by atoms with E-state index in [2.05, 4.69) is 22.1 Å². The van der Waals surface area contributed by atoms with Gasteiger partial charge >= 0.3 is 0 Å². The molecular weight excluding hydrogens is 280 g/mol. The van der Waals surface area contributed by atoms with Gasteiger partial charge in [0, 0.05) is 12.3 Å². The fourth-order valence-corrected chi connectivity index (χ4v) is 3.33. The predicted octanol–water partition coefficient (Wildman–Crippen LogP) is 4.61. The maximum atomic E-state index is 6.08. The molecule has 1 heterocycles. The Balaban J connectivity index is 2.07. The average Bonchev–Trinajstić information content (AvgIpc) is 2.98. The van der Waals surface area contributed by atoms with Crippen molar-refractivity contribution in [1.29, 1.82) is 0 Å². The van der Waals surface area contributed by atoms with Crippen molar-refractivity contribution >= 4 is 12.2 Å². The van der Waals surface area contributed by atoms with Crippen molar-refractivity contribution in [3.8, 4) is 11.3 Å². The second-order valence-electron chi connectivity index (χ2n) is 5.48. The van der Waals surface area contributed by atoms with E-state index >= 15 is 0 Å². The first-order valence-electron chi connectivity index (χ1n) is 7.55. The standard InChI is InChI=1S/C17H20N2OS/c1-2-20-17(10-6-7-11-17)16-18-14(12-15(21)19-16)13-8-4-3-5-9-13/h3-5,8-9,12H,2,6-7,10-11H2,1H3,(H,18,19,21). The number of nitrogens with one attached hydrogen (secondary N) is 1. The molecule has 2 aromatic rings. The molecule has 1 aliphatic rings. The highest BCUT2D eigenvalue weighted by molar-refractivity contribution is 7.71. The Labute approximate surface area is 130 Å². The van der Waals surface area contributed by atoms with Crippen LogP contribution in [0.5, 0.6) is 0 Å². The summed E-state index contributed by atoms with van der Waals surface area (Å²) in [5.74, 6) is 0.883. The van der Waals surface area contributed by atoms with Gasteiger partial charge in [-0.05, 0) is 44.2 Å². The van der Waals surface area contributed by atoms with Gasteiger partial charge in [-0.3, -0.25) is 0 Å². The van der Waals surface area contributed by atoms with Gasteiger partial charge in [-0.25, -0.2) is 4.98 Å². The van der Waals surface area contributed by atoms with Crippen LogP contribution in [0.2, 0.25) is 0 Å². The molecule has 0 saturated heterocycles. The van der Waals surface area contributed by atoms with Crippen LogP contribution in [-0.2, 0) is 10.3 Å². The van der Waals surface area contributed by atoms with E-state index in [1.54, 1.807) is 0 Å². The minimum atomic E-state index is -0.285. The van der Waals surface area contributed by atoms with Crippen LogP contribution in [0.4, 0.5) is 0 Å². The Bertz CT molecular complexity index is 660. The Morgan fingerprint density at radius 1 is 1.24 bits per heavy atom. The first-order valence-corrected chi connectivity index (χ1v) is 7.95. The molecule has 3 rings (SSSR count). The summed E-state index contributed by atoms with van der Waals surface area (Å²) in [5, 5.41) is 0. The Morgan fingerprint density at radius 2 is 1.95 bits per heavy atom. The van der Waals surface area contributed by atoms with E-state index in [0.717, 1.165) is 29.9 Å². The van der Waals surface area contributed by atoms with Crippen LogP contribution >= 0.6 is 12.2 Å². The van der Waals surface area contributed by atoms with E-state index in [1.807, 2.05) is 31.2 Å². The van der Waals surface area contributed by atoms with E-state index in [4.69, 9.17) is 17.0 Å². The molecular formula is C17H20N2OS. The minimum Gasteiger partial charge on any atom is -0.367 e. The fourth-order valence-electron chi connectivity index (χ4n) is 3.12. The smallest absolute Gasteiger partial charge is 0.140 e. The quantitative estimate of drug-likeness (QED) is 0.838. The van der Waals surface area contributed by atoms with Crippen LogP contribution in [-0.4, -0.2) is 16.6 Å². The fraction of sp³-hybridized carbons (Fsp3) is 0.412. The molecule has 3 nitrogen and oxygen atoms in total. The van der Waals surface area contributed by atoms with Crippen molar-refractivity contribution in [2.45, 2.75) is 38.2 Å². The van der Waals surface area contributed by atoms with Gasteiger partial charge in [0.25, 0.3) is 0 Å². The summed E-state index contributed by atoms with van der Waals surface area (Å²) in [4.78, 5) is 8.03. The summed E-state index contributed by atoms with van der Waals surface area (Å²) in [7, 11) is 0. The average molecular weight is 300 g/mol. The van der Waals surface area contributed by atoms with Crippen LogP contribution in [0, 0.1) is 4.64 Å². The van der Waals surface area contributed by atoms with Crippen molar-refractivity contribution < 1.29 is 4.74 Å². The zero-order valence-corrected chi connectivity index (χ0v) is 13.1. The second kappa shape index (κ2) is 6.08. The monoisotopic (exact) mass is 300 g/mol. The molecule has 1 N–H and O–H groups in total. The van der Waals surface area contributed by atoms with Gasteiger partial charge < -0.3 is 9.72 Å². The van der Waals surface area contributed by atoms with Crippen molar-refractivity contribution in [3.05, 3.63) is 46.9 Å². The summed E-state index contributed by atoms with van der Waals surface area (Å²) >= 11 is 5.37. The van der Waals surface area contributed by atoms with Crippen molar-refractivity contribution in [1.82, 2.24) is 9.97 Å². The summed E-state index contributed by atoms with van der Waals surface area (Å²) in [6, 6.07) is 12.1. The van der Waals surface area contributed by atoms with E-state index in [0.29, 0.717) is 11.2 Å². The molecule has 1 aromatic carbocycles. The highest BCUT2D eigenvalue weighted by Gasteiger charge is 2.38. The molecule has 21 heavy (non-hydrogen) atoms. The molecule has 0 aliphatic heterocycles. The van der Waals surface area contributed by atoms with E-state index in [-0.39, 0.29) is 5.60 Å². The van der Waals surface area contributed by atoms with Crippen LogP contribution in [0.25, 0.3) is 11.3 Å². The van der Waals surface area contributed by atoms with Crippen LogP contribution in [0.15, 0.2) is 36.4 Å². The van der Waals surface area contributed by atoms with Crippen molar-refractivity contribution in [2.75, 3.05) is 6.61 Å². The molecule has 0 amide bonds. The molecule has 1 saturated carbocycles. The van der Waals surface area contributed by atoms with Gasteiger partial charge in [0.15, 0.2) is 0 Å². The number of aromatic nitrogens is 2. The van der Waals surface area contributed by atoms with Gasteiger partial charge in [-0.15, -0.1) is 0 Å². The molecule has 4 heteroatoms. The van der Waals surface area contributed by atoms with Gasteiger partial charge in [-0.1, -0.05) is 42.5 Å². The molecule has 0 atom stereocenters. The lowest BCUT2D eigenvalue weighted by Crippen LogP contribution is -2.29. The number of hydrogen-bond acceptors (Lipinski definition) is 3. The number of rotatable bonds is 4. The summed E-state index contributed by atoms with van der Waals surface area (Å²) < 4.78 is 6.70. The van der Waals surface area contributed by atoms with Crippen LogP contribution in [0.1, 0.15) is 38.4 Å². The van der Waals surface area contributed by atoms with Crippen LogP contribution in [0.3, 0.4) is 0 Å². The van der Waals surface area contributed by atoms with Crippen molar-refractivity contribution in [2.24, 2.45) is 0 Å². The second-order valence-corrected chi connectivity index (χ2v) is 5.90. The maximum absolute atomic E-state index is 6.08. The number of H-pyrrole nitrogens is 1. The molecule has 1 aromatic heterocycles. The zero-order chi connectivity index (χ0) is 14.7. The maximum Gasteiger partial charge on any atom is 0.140 e. The minimum absolute atomic E-state index is 0.285. The summed E-state index contributed by atoms with van der Waals surface area (Å²) in [5.41, 5.74) is 1.85. The lowest BCUT2D eigenvalue weighted by atomic mass is 10.0. The molecule has 0 radical (unpaired) electrons. The van der Waals surface area contributed by atoms with Crippen molar-refractivity contribution in [3.63, 3.8) is 0 Å². The topological polar surface area (TPSA) is 37.9 Å². The first kappa shape index (κ1) is 14.4. The molecule has 1 fully saturated rings. The first-order chi connectivity index (χ1) is 10.2. The lowest BCUT2D eigenvalue weighted by molar-refractivity contribution is -0.0457. The highest BCUT2D eigenvalue weighted by atomic mass is 32.1. The molecule has 0 spiro atoms. The van der Waals surface area contributed by atoms with E-state index in [9.17, 15) is 0 Å². The zero-order valence-electron chi connectivity index (χ0n) is 12.3. The lowest BCUT2D eigenvalue weighted by Gasteiger charge is -2.28.